The summed E-state index contributed by atoms with van der Waals surface area (Å²) in [6.45, 7) is 0.456. The molecule has 2 aromatic rings. The second kappa shape index (κ2) is 6.36. The van der Waals surface area contributed by atoms with Gasteiger partial charge in [0.15, 0.2) is 0 Å². The summed E-state index contributed by atoms with van der Waals surface area (Å²) in [6.07, 6.45) is 4.02. The lowest BCUT2D eigenvalue weighted by atomic mass is 10.00. The van der Waals surface area contributed by atoms with Crippen LogP contribution in [-0.2, 0) is 11.2 Å². The van der Waals surface area contributed by atoms with Gasteiger partial charge in [-0.3, -0.25) is 4.79 Å². The number of aromatic nitrogens is 2. The van der Waals surface area contributed by atoms with Crippen LogP contribution in [0, 0.1) is 11.3 Å². The van der Waals surface area contributed by atoms with Crippen LogP contribution in [0.3, 0.4) is 0 Å². The minimum absolute atomic E-state index is 0.278. The molecule has 5 nitrogen and oxygen atoms in total. The number of imidazole rings is 1. The molecule has 1 atom stereocenters. The molecule has 2 rings (SSSR count). The third kappa shape index (κ3) is 3.42. The highest BCUT2D eigenvalue weighted by atomic mass is 16.1. The molecule has 2 N–H and O–H groups in total. The molecule has 96 valence electrons. The largest absolute Gasteiger partial charge is 0.354 e. The number of hydrogen-bond donors (Lipinski definition) is 2. The van der Waals surface area contributed by atoms with Gasteiger partial charge in [-0.2, -0.15) is 5.26 Å². The van der Waals surface area contributed by atoms with Crippen molar-refractivity contribution in [3.8, 4) is 6.07 Å². The number of aromatic amines is 1. The van der Waals surface area contributed by atoms with Crippen molar-refractivity contribution in [2.45, 2.75) is 12.3 Å². The van der Waals surface area contributed by atoms with E-state index in [1.54, 1.807) is 24.5 Å². The van der Waals surface area contributed by atoms with Crippen LogP contribution in [0.25, 0.3) is 0 Å². The zero-order valence-corrected chi connectivity index (χ0v) is 10.3. The van der Waals surface area contributed by atoms with Crippen molar-refractivity contribution in [2.75, 3.05) is 6.54 Å². The van der Waals surface area contributed by atoms with Gasteiger partial charge in [-0.1, -0.05) is 30.3 Å². The van der Waals surface area contributed by atoms with Crippen molar-refractivity contribution in [2.24, 2.45) is 0 Å². The SMILES string of the molecule is N#CC(C(=O)NCCc1ncc[nH]1)c1ccccc1. The van der Waals surface area contributed by atoms with E-state index in [9.17, 15) is 4.79 Å². The summed E-state index contributed by atoms with van der Waals surface area (Å²) >= 11 is 0. The van der Waals surface area contributed by atoms with E-state index in [1.165, 1.54) is 0 Å². The van der Waals surface area contributed by atoms with E-state index in [0.29, 0.717) is 18.5 Å². The summed E-state index contributed by atoms with van der Waals surface area (Å²) in [5.41, 5.74) is 0.709. The van der Waals surface area contributed by atoms with Crippen molar-refractivity contribution in [3.05, 3.63) is 54.1 Å². The molecule has 5 heteroatoms. The highest BCUT2D eigenvalue weighted by Crippen LogP contribution is 2.14. The first-order chi connectivity index (χ1) is 9.31. The first-order valence-corrected chi connectivity index (χ1v) is 6.02. The highest BCUT2D eigenvalue weighted by molar-refractivity contribution is 5.86. The Hall–Kier alpha value is -2.61. The molecule has 0 saturated heterocycles. The predicted octanol–water partition coefficient (Wildman–Crippen LogP) is 1.38. The molecule has 0 aliphatic carbocycles. The van der Waals surface area contributed by atoms with Crippen molar-refractivity contribution >= 4 is 5.91 Å². The van der Waals surface area contributed by atoms with Gasteiger partial charge in [0.1, 0.15) is 11.7 Å². The molecule has 0 bridgehead atoms. The maximum atomic E-state index is 11.9. The number of benzene rings is 1. The molecule has 0 aliphatic rings. The Labute approximate surface area is 111 Å². The second-order valence-electron chi connectivity index (χ2n) is 4.05. The minimum atomic E-state index is -0.766. The average Bonchev–Trinajstić information content (AvgIpc) is 2.94. The van der Waals surface area contributed by atoms with E-state index in [0.717, 1.165) is 5.82 Å². The summed E-state index contributed by atoms with van der Waals surface area (Å²) in [4.78, 5) is 19.0. The average molecular weight is 254 g/mol. The molecule has 0 radical (unpaired) electrons. The fraction of sp³-hybridized carbons (Fsp3) is 0.214. The minimum Gasteiger partial charge on any atom is -0.354 e. The third-order valence-electron chi connectivity index (χ3n) is 2.74. The van der Waals surface area contributed by atoms with Crippen LogP contribution in [0.4, 0.5) is 0 Å². The summed E-state index contributed by atoms with van der Waals surface area (Å²) < 4.78 is 0. The monoisotopic (exact) mass is 254 g/mol. The molecule has 1 amide bonds. The maximum absolute atomic E-state index is 11.9. The maximum Gasteiger partial charge on any atom is 0.241 e. The number of hydrogen-bond acceptors (Lipinski definition) is 3. The fourth-order valence-corrected chi connectivity index (χ4v) is 1.77. The zero-order chi connectivity index (χ0) is 13.5. The molecule has 1 heterocycles. The molecule has 0 saturated carbocycles. The lowest BCUT2D eigenvalue weighted by molar-refractivity contribution is -0.121. The predicted molar refractivity (Wildman–Crippen MR) is 70.1 cm³/mol. The van der Waals surface area contributed by atoms with E-state index >= 15 is 0 Å². The number of amides is 1. The Balaban J connectivity index is 1.89. The fourth-order valence-electron chi connectivity index (χ4n) is 1.77. The van der Waals surface area contributed by atoms with E-state index in [4.69, 9.17) is 5.26 Å². The first-order valence-electron chi connectivity index (χ1n) is 6.02. The van der Waals surface area contributed by atoms with Crippen LogP contribution in [0.1, 0.15) is 17.3 Å². The standard InChI is InChI=1S/C14H14N4O/c15-10-12(11-4-2-1-3-5-11)14(19)18-7-6-13-16-8-9-17-13/h1-5,8-9,12H,6-7H2,(H,16,17)(H,18,19). The third-order valence-corrected chi connectivity index (χ3v) is 2.74. The van der Waals surface area contributed by atoms with Gasteiger partial charge in [-0.25, -0.2) is 4.98 Å². The number of nitriles is 1. The van der Waals surface area contributed by atoms with Crippen LogP contribution < -0.4 is 5.32 Å². The van der Waals surface area contributed by atoms with E-state index in [2.05, 4.69) is 15.3 Å². The molecule has 1 unspecified atom stereocenters. The molecule has 1 aromatic heterocycles. The normalized spacial score (nSPS) is 11.5. The number of rotatable bonds is 5. The number of carbonyl (C=O) groups is 1. The Morgan fingerprint density at radius 1 is 1.42 bits per heavy atom. The number of H-pyrrole nitrogens is 1. The van der Waals surface area contributed by atoms with Gasteiger partial charge in [-0.15, -0.1) is 0 Å². The summed E-state index contributed by atoms with van der Waals surface area (Å²) in [5, 5.41) is 11.9. The van der Waals surface area contributed by atoms with Gasteiger partial charge >= 0.3 is 0 Å². The molecule has 0 fully saturated rings. The summed E-state index contributed by atoms with van der Waals surface area (Å²) in [5.74, 6) is -0.230. The lowest BCUT2D eigenvalue weighted by Crippen LogP contribution is -2.30. The van der Waals surface area contributed by atoms with Gasteiger partial charge in [0.05, 0.1) is 6.07 Å². The number of nitrogens with one attached hydrogen (secondary N) is 2. The van der Waals surface area contributed by atoms with Crippen molar-refractivity contribution in [1.29, 1.82) is 5.26 Å². The van der Waals surface area contributed by atoms with Gasteiger partial charge in [0, 0.05) is 25.4 Å². The lowest BCUT2D eigenvalue weighted by Gasteiger charge is -2.09. The second-order valence-corrected chi connectivity index (χ2v) is 4.05. The van der Waals surface area contributed by atoms with Crippen LogP contribution in [-0.4, -0.2) is 22.4 Å². The van der Waals surface area contributed by atoms with Gasteiger partial charge in [0.2, 0.25) is 5.91 Å². The van der Waals surface area contributed by atoms with Crippen LogP contribution >= 0.6 is 0 Å². The van der Waals surface area contributed by atoms with Gasteiger partial charge in [-0.05, 0) is 5.56 Å². The van der Waals surface area contributed by atoms with Crippen LogP contribution in [0.2, 0.25) is 0 Å². The Kier molecular flexibility index (Phi) is 4.29. The highest BCUT2D eigenvalue weighted by Gasteiger charge is 2.19. The van der Waals surface area contributed by atoms with Crippen molar-refractivity contribution < 1.29 is 4.79 Å². The summed E-state index contributed by atoms with van der Waals surface area (Å²) in [6, 6.07) is 11.1. The Morgan fingerprint density at radius 2 is 2.21 bits per heavy atom. The van der Waals surface area contributed by atoms with Crippen LogP contribution in [0.15, 0.2) is 42.7 Å². The molecular formula is C14H14N4O. The van der Waals surface area contributed by atoms with Crippen molar-refractivity contribution in [1.82, 2.24) is 15.3 Å². The zero-order valence-electron chi connectivity index (χ0n) is 10.3. The molecule has 1 aromatic carbocycles. The van der Waals surface area contributed by atoms with E-state index < -0.39 is 5.92 Å². The molecule has 19 heavy (non-hydrogen) atoms. The smallest absolute Gasteiger partial charge is 0.241 e. The Morgan fingerprint density at radius 3 is 2.84 bits per heavy atom. The van der Waals surface area contributed by atoms with Gasteiger partial charge in [0.25, 0.3) is 0 Å². The number of carbonyl (C=O) groups excluding carboxylic acids is 1. The molecule has 0 spiro atoms. The number of nitrogens with zero attached hydrogens (tertiary/aromatic N) is 2. The van der Waals surface area contributed by atoms with E-state index in [-0.39, 0.29) is 5.91 Å². The quantitative estimate of drug-likeness (QED) is 0.845. The molecule has 0 aliphatic heterocycles. The van der Waals surface area contributed by atoms with E-state index in [1.807, 2.05) is 24.3 Å². The van der Waals surface area contributed by atoms with Crippen LogP contribution in [0.5, 0.6) is 0 Å². The summed E-state index contributed by atoms with van der Waals surface area (Å²) in [7, 11) is 0. The molecular weight excluding hydrogens is 240 g/mol. The topological polar surface area (TPSA) is 81.6 Å². The Bertz CT molecular complexity index is 557. The first kappa shape index (κ1) is 12.8. The van der Waals surface area contributed by atoms with Crippen molar-refractivity contribution in [3.63, 3.8) is 0 Å². The van der Waals surface area contributed by atoms with Gasteiger partial charge < -0.3 is 10.3 Å².